The van der Waals surface area contributed by atoms with Crippen molar-refractivity contribution in [2.45, 2.75) is 26.5 Å². The van der Waals surface area contributed by atoms with Gasteiger partial charge < -0.3 is 10.1 Å². The van der Waals surface area contributed by atoms with E-state index in [9.17, 15) is 4.39 Å². The molecule has 0 spiro atoms. The van der Waals surface area contributed by atoms with Crippen molar-refractivity contribution in [1.82, 2.24) is 5.32 Å². The number of ether oxygens (including phenoxy) is 1. The molecule has 0 aromatic heterocycles. The van der Waals surface area contributed by atoms with Gasteiger partial charge in [0.15, 0.2) is 0 Å². The summed E-state index contributed by atoms with van der Waals surface area (Å²) in [4.78, 5) is 0. The molecule has 3 heteroatoms. The molecular formula is C17H20FNO. The normalized spacial score (nSPS) is 10.8. The molecule has 0 heterocycles. The van der Waals surface area contributed by atoms with E-state index < -0.39 is 0 Å². The fraction of sp³-hybridized carbons (Fsp3) is 0.294. The highest BCUT2D eigenvalue weighted by Gasteiger charge is 2.06. The van der Waals surface area contributed by atoms with E-state index in [1.807, 2.05) is 57.3 Å². The van der Waals surface area contributed by atoms with Crippen molar-refractivity contribution >= 4 is 0 Å². The van der Waals surface area contributed by atoms with Crippen LogP contribution < -0.4 is 10.1 Å². The molecule has 0 atom stereocenters. The van der Waals surface area contributed by atoms with Crippen molar-refractivity contribution in [3.8, 4) is 16.9 Å². The van der Waals surface area contributed by atoms with E-state index in [1.54, 1.807) is 6.07 Å². The molecule has 2 nitrogen and oxygen atoms in total. The van der Waals surface area contributed by atoms with Gasteiger partial charge in [-0.25, -0.2) is 4.39 Å². The molecule has 2 aromatic rings. The van der Waals surface area contributed by atoms with Crippen LogP contribution in [-0.2, 0) is 6.54 Å². The Labute approximate surface area is 119 Å². The smallest absolute Gasteiger partial charge is 0.131 e. The first-order chi connectivity index (χ1) is 9.60. The van der Waals surface area contributed by atoms with Crippen LogP contribution in [0.5, 0.6) is 5.75 Å². The van der Waals surface area contributed by atoms with E-state index in [2.05, 4.69) is 5.32 Å². The van der Waals surface area contributed by atoms with Gasteiger partial charge in [0.05, 0.1) is 6.10 Å². The second kappa shape index (κ2) is 6.53. The van der Waals surface area contributed by atoms with E-state index in [0.29, 0.717) is 12.1 Å². The van der Waals surface area contributed by atoms with Crippen molar-refractivity contribution in [1.29, 1.82) is 0 Å². The van der Waals surface area contributed by atoms with E-state index in [-0.39, 0.29) is 11.9 Å². The molecule has 0 aliphatic heterocycles. The van der Waals surface area contributed by atoms with Crippen LogP contribution in [0, 0.1) is 5.82 Å². The van der Waals surface area contributed by atoms with Crippen LogP contribution in [0.3, 0.4) is 0 Å². The van der Waals surface area contributed by atoms with Crippen LogP contribution in [0.25, 0.3) is 11.1 Å². The molecule has 2 rings (SSSR count). The second-order valence-corrected chi connectivity index (χ2v) is 5.04. The number of hydrogen-bond acceptors (Lipinski definition) is 2. The van der Waals surface area contributed by atoms with Gasteiger partial charge >= 0.3 is 0 Å². The van der Waals surface area contributed by atoms with Gasteiger partial charge in [-0.1, -0.05) is 24.3 Å². The van der Waals surface area contributed by atoms with Gasteiger partial charge in [-0.3, -0.25) is 0 Å². The van der Waals surface area contributed by atoms with Gasteiger partial charge in [0.1, 0.15) is 11.6 Å². The lowest BCUT2D eigenvalue weighted by atomic mass is 10.0. The fourth-order valence-electron chi connectivity index (χ4n) is 2.09. The van der Waals surface area contributed by atoms with Crippen molar-refractivity contribution in [2.24, 2.45) is 0 Å². The Morgan fingerprint density at radius 1 is 1.10 bits per heavy atom. The van der Waals surface area contributed by atoms with Crippen LogP contribution in [0.4, 0.5) is 4.39 Å². The lowest BCUT2D eigenvalue weighted by Crippen LogP contribution is -2.05. The van der Waals surface area contributed by atoms with E-state index in [4.69, 9.17) is 4.74 Å². The Morgan fingerprint density at radius 3 is 2.35 bits per heavy atom. The minimum Gasteiger partial charge on any atom is -0.491 e. The molecule has 0 saturated heterocycles. The fourth-order valence-corrected chi connectivity index (χ4v) is 2.09. The van der Waals surface area contributed by atoms with Gasteiger partial charge in [-0.2, -0.15) is 0 Å². The third-order valence-corrected chi connectivity index (χ3v) is 2.95. The van der Waals surface area contributed by atoms with Crippen LogP contribution in [0.1, 0.15) is 19.4 Å². The maximum absolute atomic E-state index is 14.1. The SMILES string of the molecule is CNCc1ccc(-c2ccc(OC(C)C)cc2)c(F)c1. The largest absolute Gasteiger partial charge is 0.491 e. The summed E-state index contributed by atoms with van der Waals surface area (Å²) >= 11 is 0. The van der Waals surface area contributed by atoms with Gasteiger partial charge in [-0.05, 0) is 50.2 Å². The number of rotatable bonds is 5. The van der Waals surface area contributed by atoms with Crippen molar-refractivity contribution < 1.29 is 9.13 Å². The zero-order valence-corrected chi connectivity index (χ0v) is 12.1. The van der Waals surface area contributed by atoms with Crippen LogP contribution in [0.2, 0.25) is 0 Å². The Morgan fingerprint density at radius 2 is 1.80 bits per heavy atom. The third-order valence-electron chi connectivity index (χ3n) is 2.95. The number of nitrogens with one attached hydrogen (secondary N) is 1. The molecule has 0 unspecified atom stereocenters. The molecule has 0 radical (unpaired) electrons. The lowest BCUT2D eigenvalue weighted by Gasteiger charge is -2.11. The minimum atomic E-state index is -0.199. The summed E-state index contributed by atoms with van der Waals surface area (Å²) in [5, 5.41) is 3.01. The summed E-state index contributed by atoms with van der Waals surface area (Å²) in [6.07, 6.45) is 0.137. The number of benzene rings is 2. The first-order valence-corrected chi connectivity index (χ1v) is 6.80. The van der Waals surface area contributed by atoms with E-state index in [1.165, 1.54) is 0 Å². The summed E-state index contributed by atoms with van der Waals surface area (Å²) in [5.41, 5.74) is 2.41. The Kier molecular flexibility index (Phi) is 4.74. The Balaban J connectivity index is 2.23. The van der Waals surface area contributed by atoms with Crippen molar-refractivity contribution in [3.63, 3.8) is 0 Å². The molecule has 0 saturated carbocycles. The molecule has 106 valence electrons. The average molecular weight is 273 g/mol. The van der Waals surface area contributed by atoms with Crippen LogP contribution in [0.15, 0.2) is 42.5 Å². The van der Waals surface area contributed by atoms with Gasteiger partial charge in [-0.15, -0.1) is 0 Å². The third kappa shape index (κ3) is 3.58. The lowest BCUT2D eigenvalue weighted by molar-refractivity contribution is 0.242. The highest BCUT2D eigenvalue weighted by molar-refractivity contribution is 5.65. The zero-order chi connectivity index (χ0) is 14.5. The monoisotopic (exact) mass is 273 g/mol. The molecule has 0 aliphatic rings. The number of hydrogen-bond donors (Lipinski definition) is 1. The predicted molar refractivity (Wildman–Crippen MR) is 80.4 cm³/mol. The topological polar surface area (TPSA) is 21.3 Å². The molecule has 1 N–H and O–H groups in total. The average Bonchev–Trinajstić information content (AvgIpc) is 2.40. The maximum Gasteiger partial charge on any atom is 0.131 e. The van der Waals surface area contributed by atoms with Crippen molar-refractivity contribution in [3.05, 3.63) is 53.8 Å². The maximum atomic E-state index is 14.1. The summed E-state index contributed by atoms with van der Waals surface area (Å²) < 4.78 is 19.7. The molecule has 0 aliphatic carbocycles. The predicted octanol–water partition coefficient (Wildman–Crippen LogP) is 4.00. The van der Waals surface area contributed by atoms with Crippen molar-refractivity contribution in [2.75, 3.05) is 7.05 Å². The van der Waals surface area contributed by atoms with E-state index in [0.717, 1.165) is 16.9 Å². The molecule has 0 amide bonds. The molecule has 0 fully saturated rings. The quantitative estimate of drug-likeness (QED) is 0.889. The van der Waals surface area contributed by atoms with Gasteiger partial charge in [0.2, 0.25) is 0 Å². The number of halogens is 1. The first-order valence-electron chi connectivity index (χ1n) is 6.80. The summed E-state index contributed by atoms with van der Waals surface area (Å²) in [5.74, 6) is 0.603. The Hall–Kier alpha value is -1.87. The summed E-state index contributed by atoms with van der Waals surface area (Å²) in [7, 11) is 1.85. The first kappa shape index (κ1) is 14.5. The van der Waals surface area contributed by atoms with Gasteiger partial charge in [0.25, 0.3) is 0 Å². The highest BCUT2D eigenvalue weighted by Crippen LogP contribution is 2.26. The van der Waals surface area contributed by atoms with Crippen LogP contribution >= 0.6 is 0 Å². The van der Waals surface area contributed by atoms with Crippen LogP contribution in [-0.4, -0.2) is 13.2 Å². The Bertz CT molecular complexity index is 564. The standard InChI is InChI=1S/C17H20FNO/c1-12(2)20-15-7-5-14(6-8-15)16-9-4-13(11-19-3)10-17(16)18/h4-10,12,19H,11H2,1-3H3. The van der Waals surface area contributed by atoms with E-state index >= 15 is 0 Å². The zero-order valence-electron chi connectivity index (χ0n) is 12.1. The molecule has 0 bridgehead atoms. The molecule has 20 heavy (non-hydrogen) atoms. The highest BCUT2D eigenvalue weighted by atomic mass is 19.1. The molecule has 2 aromatic carbocycles. The summed E-state index contributed by atoms with van der Waals surface area (Å²) in [6, 6.07) is 12.8. The van der Waals surface area contributed by atoms with Gasteiger partial charge in [0, 0.05) is 12.1 Å². The minimum absolute atomic E-state index is 0.137. The second-order valence-electron chi connectivity index (χ2n) is 5.04. The molecular weight excluding hydrogens is 253 g/mol. The summed E-state index contributed by atoms with van der Waals surface area (Å²) in [6.45, 7) is 4.63.